The van der Waals surface area contributed by atoms with Crippen molar-refractivity contribution >= 4 is 17.4 Å². The van der Waals surface area contributed by atoms with Gasteiger partial charge < -0.3 is 14.5 Å². The number of hydrogen-bond acceptors (Lipinski definition) is 8. The van der Waals surface area contributed by atoms with Gasteiger partial charge in [-0.2, -0.15) is 19.0 Å². The fraction of sp³-hybridized carbons (Fsp3) is 0.350. The Morgan fingerprint density at radius 1 is 1.19 bits per heavy atom. The lowest BCUT2D eigenvalue weighted by atomic mass is 9.72. The molecule has 3 aromatic rings. The van der Waals surface area contributed by atoms with E-state index in [0.717, 1.165) is 0 Å². The van der Waals surface area contributed by atoms with Crippen LogP contribution in [0.25, 0.3) is 11.6 Å². The first-order valence-corrected chi connectivity index (χ1v) is 9.84. The van der Waals surface area contributed by atoms with Crippen molar-refractivity contribution in [1.82, 2.24) is 20.3 Å². The number of aliphatic hydroxyl groups is 1. The number of halogens is 3. The number of benzene rings is 1. The van der Waals surface area contributed by atoms with E-state index in [2.05, 4.69) is 20.3 Å². The lowest BCUT2D eigenvalue weighted by Gasteiger charge is -2.42. The van der Waals surface area contributed by atoms with Gasteiger partial charge in [-0.25, -0.2) is 0 Å². The average Bonchev–Trinajstić information content (AvgIpc) is 3.29. The Morgan fingerprint density at radius 3 is 2.52 bits per heavy atom. The van der Waals surface area contributed by atoms with E-state index in [4.69, 9.17) is 21.2 Å². The van der Waals surface area contributed by atoms with Gasteiger partial charge in [-0.1, -0.05) is 35.0 Å². The smallest absolute Gasteiger partial charge is 0.293 e. The topological polar surface area (TPSA) is 112 Å². The van der Waals surface area contributed by atoms with Crippen LogP contribution in [-0.2, 0) is 12.5 Å². The van der Waals surface area contributed by atoms with Crippen LogP contribution in [0, 0.1) is 16.7 Å². The predicted molar refractivity (Wildman–Crippen MR) is 106 cm³/mol. The lowest BCUT2D eigenvalue weighted by Crippen LogP contribution is -2.48. The van der Waals surface area contributed by atoms with Crippen molar-refractivity contribution in [3.05, 3.63) is 52.8 Å². The molecule has 0 unspecified atom stereocenters. The summed E-state index contributed by atoms with van der Waals surface area (Å²) in [6, 6.07) is 10.9. The summed E-state index contributed by atoms with van der Waals surface area (Å²) in [6.07, 6.45) is -0.122. The minimum absolute atomic E-state index is 0.0589. The highest BCUT2D eigenvalue weighted by molar-refractivity contribution is 6.31. The van der Waals surface area contributed by atoms with Gasteiger partial charge in [-0.3, -0.25) is 0 Å². The Balaban J connectivity index is 1.51. The Morgan fingerprint density at radius 2 is 1.94 bits per heavy atom. The maximum absolute atomic E-state index is 15.4. The molecule has 1 aliphatic heterocycles. The number of alkyl halides is 2. The van der Waals surface area contributed by atoms with E-state index in [-0.39, 0.29) is 54.8 Å². The second-order valence-electron chi connectivity index (χ2n) is 7.19. The van der Waals surface area contributed by atoms with E-state index in [9.17, 15) is 5.26 Å². The van der Waals surface area contributed by atoms with Crippen LogP contribution >= 0.6 is 11.6 Å². The van der Waals surface area contributed by atoms with E-state index < -0.39 is 11.3 Å². The Bertz CT molecular complexity index is 1110. The molecule has 8 nitrogen and oxygen atoms in total. The van der Waals surface area contributed by atoms with Crippen LogP contribution in [0.2, 0.25) is 5.02 Å². The summed E-state index contributed by atoms with van der Waals surface area (Å²) in [5.41, 5.74) is -1.88. The molecular formula is C20H17ClF2N6O2. The molecule has 1 aromatic carbocycles. The molecular weight excluding hydrogens is 430 g/mol. The summed E-state index contributed by atoms with van der Waals surface area (Å²) in [6.45, 7) is 0.0515. The number of aliphatic hydroxyl groups excluding tert-OH is 1. The van der Waals surface area contributed by atoms with E-state index in [1.807, 2.05) is 6.07 Å². The highest BCUT2D eigenvalue weighted by Gasteiger charge is 2.57. The van der Waals surface area contributed by atoms with E-state index >= 15 is 8.78 Å². The molecule has 1 fully saturated rings. The summed E-state index contributed by atoms with van der Waals surface area (Å²) < 4.78 is 35.7. The van der Waals surface area contributed by atoms with Crippen molar-refractivity contribution in [1.29, 1.82) is 5.26 Å². The van der Waals surface area contributed by atoms with Gasteiger partial charge in [-0.05, 0) is 31.0 Å². The Labute approximate surface area is 181 Å². The first-order valence-electron chi connectivity index (χ1n) is 9.47. The summed E-state index contributed by atoms with van der Waals surface area (Å²) >= 11 is 6.00. The highest BCUT2D eigenvalue weighted by Crippen LogP contribution is 2.52. The molecule has 4 rings (SSSR count). The fourth-order valence-electron chi connectivity index (χ4n) is 3.62. The SMILES string of the molecule is N#CC1(C(F)(F)c2ccccc2Cl)CCN(c2ccc(-c3nc(CO)no3)nn2)CC1. The number of hydrogen-bond donors (Lipinski definition) is 1. The van der Waals surface area contributed by atoms with Gasteiger partial charge >= 0.3 is 0 Å². The maximum Gasteiger partial charge on any atom is 0.293 e. The average molecular weight is 447 g/mol. The Kier molecular flexibility index (Phi) is 5.56. The zero-order valence-electron chi connectivity index (χ0n) is 16.2. The molecule has 1 aliphatic rings. The highest BCUT2D eigenvalue weighted by atomic mass is 35.5. The van der Waals surface area contributed by atoms with Gasteiger partial charge in [0.05, 0.1) is 6.07 Å². The third-order valence-corrected chi connectivity index (χ3v) is 5.78. The minimum Gasteiger partial charge on any atom is -0.388 e. The zero-order valence-corrected chi connectivity index (χ0v) is 16.9. The standard InChI is InChI=1S/C20H17ClF2N6O2/c21-14-4-2-1-3-13(14)20(22,23)19(12-24)7-9-29(10-8-19)17-6-5-15(26-27-17)18-25-16(11-30)28-31-18/h1-6,30H,7-11H2. The van der Waals surface area contributed by atoms with Gasteiger partial charge in [-0.15, -0.1) is 10.2 Å². The molecule has 3 heterocycles. The monoisotopic (exact) mass is 446 g/mol. The van der Waals surface area contributed by atoms with Crippen LogP contribution in [-0.4, -0.2) is 38.5 Å². The third kappa shape index (κ3) is 3.71. The molecule has 160 valence electrons. The molecule has 2 aromatic heterocycles. The first-order chi connectivity index (χ1) is 14.9. The molecule has 0 bridgehead atoms. The molecule has 0 atom stereocenters. The number of aromatic nitrogens is 4. The number of nitrogens with zero attached hydrogens (tertiary/aromatic N) is 6. The summed E-state index contributed by atoms with van der Waals surface area (Å²) in [4.78, 5) is 5.75. The number of piperidine rings is 1. The lowest BCUT2D eigenvalue weighted by molar-refractivity contribution is -0.112. The van der Waals surface area contributed by atoms with Crippen molar-refractivity contribution in [2.24, 2.45) is 5.41 Å². The van der Waals surface area contributed by atoms with Crippen LogP contribution in [0.15, 0.2) is 40.9 Å². The number of rotatable bonds is 5. The van der Waals surface area contributed by atoms with Crippen LogP contribution in [0.3, 0.4) is 0 Å². The van der Waals surface area contributed by atoms with Crippen molar-refractivity contribution in [3.63, 3.8) is 0 Å². The van der Waals surface area contributed by atoms with Gasteiger partial charge in [0.2, 0.25) is 0 Å². The second-order valence-corrected chi connectivity index (χ2v) is 7.59. The van der Waals surface area contributed by atoms with E-state index in [1.165, 1.54) is 18.2 Å². The van der Waals surface area contributed by atoms with Gasteiger partial charge in [0.15, 0.2) is 17.3 Å². The molecule has 0 radical (unpaired) electrons. The van der Waals surface area contributed by atoms with Gasteiger partial charge in [0.25, 0.3) is 11.8 Å². The molecule has 0 amide bonds. The van der Waals surface area contributed by atoms with Gasteiger partial charge in [0, 0.05) is 23.7 Å². The molecule has 1 N–H and O–H groups in total. The zero-order chi connectivity index (χ0) is 22.1. The fourth-order valence-corrected chi connectivity index (χ4v) is 3.87. The van der Waals surface area contributed by atoms with E-state index in [1.54, 1.807) is 23.1 Å². The molecule has 0 saturated carbocycles. The van der Waals surface area contributed by atoms with Crippen molar-refractivity contribution < 1.29 is 18.4 Å². The van der Waals surface area contributed by atoms with Gasteiger partial charge in [0.1, 0.15) is 12.0 Å². The van der Waals surface area contributed by atoms with Crippen LogP contribution in [0.1, 0.15) is 24.2 Å². The van der Waals surface area contributed by atoms with Crippen molar-refractivity contribution in [2.45, 2.75) is 25.4 Å². The predicted octanol–water partition coefficient (Wildman–Crippen LogP) is 3.57. The van der Waals surface area contributed by atoms with Crippen molar-refractivity contribution in [2.75, 3.05) is 18.0 Å². The molecule has 31 heavy (non-hydrogen) atoms. The first kappa shape index (κ1) is 21.1. The summed E-state index contributed by atoms with van der Waals surface area (Å²) in [5.74, 6) is -2.67. The quantitative estimate of drug-likeness (QED) is 0.633. The maximum atomic E-state index is 15.4. The molecule has 11 heteroatoms. The van der Waals surface area contributed by atoms with Crippen LogP contribution in [0.5, 0.6) is 0 Å². The second kappa shape index (κ2) is 8.17. The summed E-state index contributed by atoms with van der Waals surface area (Å²) in [5, 5.41) is 30.4. The largest absolute Gasteiger partial charge is 0.388 e. The summed E-state index contributed by atoms with van der Waals surface area (Å²) in [7, 11) is 0. The van der Waals surface area contributed by atoms with E-state index in [0.29, 0.717) is 11.5 Å². The number of anilines is 1. The molecule has 0 spiro atoms. The van der Waals surface area contributed by atoms with Crippen LogP contribution in [0.4, 0.5) is 14.6 Å². The minimum atomic E-state index is -3.40. The molecule has 1 saturated heterocycles. The number of nitriles is 1. The third-order valence-electron chi connectivity index (χ3n) is 5.45. The Hall–Kier alpha value is -3.16. The van der Waals surface area contributed by atoms with Crippen molar-refractivity contribution in [3.8, 4) is 17.7 Å². The van der Waals surface area contributed by atoms with Crippen LogP contribution < -0.4 is 4.90 Å². The molecule has 0 aliphatic carbocycles. The normalized spacial score (nSPS) is 16.2.